The highest BCUT2D eigenvalue weighted by Gasteiger charge is 2.32. The van der Waals surface area contributed by atoms with Gasteiger partial charge in [-0.05, 0) is 31.7 Å². The van der Waals surface area contributed by atoms with E-state index in [1.807, 2.05) is 11.4 Å². The van der Waals surface area contributed by atoms with Crippen LogP contribution in [0, 0.1) is 0 Å². The summed E-state index contributed by atoms with van der Waals surface area (Å²) in [6.07, 6.45) is 2.10. The van der Waals surface area contributed by atoms with Crippen LogP contribution in [0.4, 0.5) is 5.13 Å². The molecule has 1 unspecified atom stereocenters. The van der Waals surface area contributed by atoms with Crippen molar-refractivity contribution < 1.29 is 9.90 Å². The summed E-state index contributed by atoms with van der Waals surface area (Å²) in [5.74, 6) is -0.859. The number of carboxylic acids is 1. The lowest BCUT2D eigenvalue weighted by atomic mass is 9.90. The molecule has 2 N–H and O–H groups in total. The van der Waals surface area contributed by atoms with E-state index in [0.29, 0.717) is 5.69 Å². The second-order valence-corrected chi connectivity index (χ2v) is 7.31. The summed E-state index contributed by atoms with van der Waals surface area (Å²) in [6, 6.07) is 4.40. The molecule has 6 heteroatoms. The van der Waals surface area contributed by atoms with Crippen LogP contribution in [0.3, 0.4) is 0 Å². The van der Waals surface area contributed by atoms with Crippen LogP contribution >= 0.6 is 22.7 Å². The number of hydrogen-bond acceptors (Lipinski definition) is 5. The number of rotatable bonds is 7. The third-order valence-corrected chi connectivity index (χ3v) is 5.20. The van der Waals surface area contributed by atoms with Crippen molar-refractivity contribution in [3.05, 3.63) is 33.5 Å². The van der Waals surface area contributed by atoms with Crippen LogP contribution in [0.2, 0.25) is 0 Å². The van der Waals surface area contributed by atoms with Gasteiger partial charge in [0.2, 0.25) is 0 Å². The summed E-state index contributed by atoms with van der Waals surface area (Å²) in [5.41, 5.74) is -0.358. The highest BCUT2D eigenvalue weighted by molar-refractivity contribution is 7.13. The number of hydrogen-bond donors (Lipinski definition) is 2. The molecule has 1 atom stereocenters. The second kappa shape index (κ2) is 6.58. The van der Waals surface area contributed by atoms with Gasteiger partial charge in [0.1, 0.15) is 5.41 Å². The first kappa shape index (κ1) is 16.0. The third-order valence-electron chi connectivity index (χ3n) is 3.44. The molecule has 2 aromatic rings. The molecule has 4 nitrogen and oxygen atoms in total. The molecule has 0 saturated carbocycles. The Kier molecular flexibility index (Phi) is 5.00. The summed E-state index contributed by atoms with van der Waals surface area (Å²) in [7, 11) is 0. The Balaban J connectivity index is 2.16. The predicted octanol–water partition coefficient (Wildman–Crippen LogP) is 4.52. The maximum Gasteiger partial charge on any atom is 0.315 e. The van der Waals surface area contributed by atoms with Crippen molar-refractivity contribution >= 4 is 33.8 Å². The Labute approximate surface area is 132 Å². The Morgan fingerprint density at radius 1 is 1.48 bits per heavy atom. The lowest BCUT2D eigenvalue weighted by Gasteiger charge is -2.17. The first-order chi connectivity index (χ1) is 9.95. The van der Waals surface area contributed by atoms with E-state index in [-0.39, 0.29) is 6.04 Å². The van der Waals surface area contributed by atoms with E-state index >= 15 is 0 Å². The van der Waals surface area contributed by atoms with E-state index in [4.69, 9.17) is 0 Å². The number of carbonyl (C=O) groups is 1. The maximum atomic E-state index is 11.3. The van der Waals surface area contributed by atoms with Crippen LogP contribution in [-0.2, 0) is 10.2 Å². The molecular weight excluding hydrogens is 304 g/mol. The predicted molar refractivity (Wildman–Crippen MR) is 88.4 cm³/mol. The zero-order valence-corrected chi connectivity index (χ0v) is 14.1. The van der Waals surface area contributed by atoms with E-state index in [1.54, 1.807) is 25.2 Å². The lowest BCUT2D eigenvalue weighted by Crippen LogP contribution is -2.28. The van der Waals surface area contributed by atoms with Gasteiger partial charge in [-0.2, -0.15) is 0 Å². The highest BCUT2D eigenvalue weighted by Crippen LogP contribution is 2.32. The summed E-state index contributed by atoms with van der Waals surface area (Å²) in [5, 5.41) is 17.4. The molecule has 0 aliphatic rings. The molecule has 0 spiro atoms. The van der Waals surface area contributed by atoms with Crippen molar-refractivity contribution in [1.29, 1.82) is 0 Å². The summed E-state index contributed by atoms with van der Waals surface area (Å²) >= 11 is 3.19. The number of thiazole rings is 1. The van der Waals surface area contributed by atoms with Crippen LogP contribution in [0.25, 0.3) is 0 Å². The van der Waals surface area contributed by atoms with Gasteiger partial charge in [0.25, 0.3) is 0 Å². The smallest absolute Gasteiger partial charge is 0.315 e. The minimum atomic E-state index is -0.959. The van der Waals surface area contributed by atoms with Gasteiger partial charge in [0.15, 0.2) is 5.13 Å². The summed E-state index contributed by atoms with van der Waals surface area (Å²) in [4.78, 5) is 17.0. The number of carboxylic acid groups (broad SMARTS) is 1. The first-order valence-corrected chi connectivity index (χ1v) is 8.70. The van der Waals surface area contributed by atoms with E-state index in [9.17, 15) is 9.90 Å². The van der Waals surface area contributed by atoms with Gasteiger partial charge in [0, 0.05) is 10.3 Å². The minimum absolute atomic E-state index is 0.238. The number of nitrogens with one attached hydrogen (secondary N) is 1. The van der Waals surface area contributed by atoms with Gasteiger partial charge in [-0.1, -0.05) is 19.4 Å². The van der Waals surface area contributed by atoms with Crippen LogP contribution < -0.4 is 5.32 Å². The Bertz CT molecular complexity index is 591. The Morgan fingerprint density at radius 3 is 2.81 bits per heavy atom. The molecule has 114 valence electrons. The minimum Gasteiger partial charge on any atom is -0.481 e. The third kappa shape index (κ3) is 3.63. The average Bonchev–Trinajstić information content (AvgIpc) is 3.09. The number of aliphatic carboxylic acids is 1. The molecule has 0 aliphatic heterocycles. The zero-order chi connectivity index (χ0) is 15.5. The number of anilines is 1. The van der Waals surface area contributed by atoms with E-state index in [0.717, 1.165) is 18.0 Å². The van der Waals surface area contributed by atoms with Gasteiger partial charge in [-0.25, -0.2) is 4.98 Å². The SMILES string of the molecule is CCCC(Nc1nc(C(C)(C)C(=O)O)cs1)c1cccs1. The highest BCUT2D eigenvalue weighted by atomic mass is 32.1. The van der Waals surface area contributed by atoms with E-state index in [2.05, 4.69) is 28.7 Å². The number of aromatic nitrogens is 1. The van der Waals surface area contributed by atoms with Crippen molar-refractivity contribution in [3.8, 4) is 0 Å². The van der Waals surface area contributed by atoms with Crippen LogP contribution in [0.15, 0.2) is 22.9 Å². The van der Waals surface area contributed by atoms with Crippen molar-refractivity contribution in [1.82, 2.24) is 4.98 Å². The quantitative estimate of drug-likeness (QED) is 0.786. The Hall–Kier alpha value is -1.40. The van der Waals surface area contributed by atoms with Gasteiger partial charge in [0.05, 0.1) is 11.7 Å². The van der Waals surface area contributed by atoms with E-state index < -0.39 is 11.4 Å². The number of thiophene rings is 1. The topological polar surface area (TPSA) is 62.2 Å². The molecule has 0 radical (unpaired) electrons. The molecule has 0 fully saturated rings. The molecule has 2 rings (SSSR count). The van der Waals surface area contributed by atoms with Gasteiger partial charge in [-0.15, -0.1) is 22.7 Å². The molecule has 0 aromatic carbocycles. The first-order valence-electron chi connectivity index (χ1n) is 6.94. The monoisotopic (exact) mass is 324 g/mol. The second-order valence-electron chi connectivity index (χ2n) is 5.47. The van der Waals surface area contributed by atoms with Crippen molar-refractivity contribution in [2.24, 2.45) is 0 Å². The normalized spacial score (nSPS) is 13.1. The standard InChI is InChI=1S/C15H20N2O2S2/c1-4-6-10(11-7-5-8-20-11)16-14-17-12(9-21-14)15(2,3)13(18)19/h5,7-10H,4,6H2,1-3H3,(H,16,17)(H,18,19). The largest absolute Gasteiger partial charge is 0.481 e. The van der Waals surface area contributed by atoms with Gasteiger partial charge < -0.3 is 10.4 Å². The molecule has 2 aromatic heterocycles. The molecule has 0 aliphatic carbocycles. The maximum absolute atomic E-state index is 11.3. The van der Waals surface area contributed by atoms with Crippen molar-refractivity contribution in [2.45, 2.75) is 45.1 Å². The van der Waals surface area contributed by atoms with Crippen LogP contribution in [0.1, 0.15) is 50.2 Å². The summed E-state index contributed by atoms with van der Waals surface area (Å²) < 4.78 is 0. The zero-order valence-electron chi connectivity index (χ0n) is 12.4. The molecular formula is C15H20N2O2S2. The fourth-order valence-electron chi connectivity index (χ4n) is 1.95. The molecule has 0 saturated heterocycles. The fraction of sp³-hybridized carbons (Fsp3) is 0.467. The Morgan fingerprint density at radius 2 is 2.24 bits per heavy atom. The van der Waals surface area contributed by atoms with Crippen molar-refractivity contribution in [2.75, 3.05) is 5.32 Å². The van der Waals surface area contributed by atoms with Crippen LogP contribution in [0.5, 0.6) is 0 Å². The lowest BCUT2D eigenvalue weighted by molar-refractivity contribution is -0.142. The van der Waals surface area contributed by atoms with Gasteiger partial charge >= 0.3 is 5.97 Å². The van der Waals surface area contributed by atoms with Crippen molar-refractivity contribution in [3.63, 3.8) is 0 Å². The fourth-order valence-corrected chi connectivity index (χ4v) is 3.69. The average molecular weight is 324 g/mol. The van der Waals surface area contributed by atoms with Gasteiger partial charge in [-0.3, -0.25) is 4.79 Å². The van der Waals surface area contributed by atoms with Crippen LogP contribution in [-0.4, -0.2) is 16.1 Å². The molecule has 21 heavy (non-hydrogen) atoms. The summed E-state index contributed by atoms with van der Waals surface area (Å²) in [6.45, 7) is 5.51. The molecule has 0 bridgehead atoms. The number of nitrogens with zero attached hydrogens (tertiary/aromatic N) is 1. The molecule has 2 heterocycles. The van der Waals surface area contributed by atoms with E-state index in [1.165, 1.54) is 16.2 Å². The molecule has 0 amide bonds.